The molecule has 9 heteroatoms. The number of hydrogen-bond donors (Lipinski definition) is 4. The van der Waals surface area contributed by atoms with Crippen LogP contribution in [0.2, 0.25) is 0 Å². The number of carboxylic acid groups (broad SMARTS) is 1. The highest BCUT2D eigenvalue weighted by Crippen LogP contribution is 2.15. The van der Waals surface area contributed by atoms with Crippen LogP contribution in [0, 0.1) is 0 Å². The number of carbonyl (C=O) groups excluding carboxylic acids is 1. The Hall–Kier alpha value is -2.36. The van der Waals surface area contributed by atoms with Crippen LogP contribution >= 0.6 is 0 Å². The van der Waals surface area contributed by atoms with E-state index in [1.165, 1.54) is 0 Å². The van der Waals surface area contributed by atoms with Crippen molar-refractivity contribution in [2.24, 2.45) is 5.73 Å². The number of rotatable bonds is 10. The number of aliphatic carboxylic acids is 1. The Balaban J connectivity index is 1.84. The summed E-state index contributed by atoms with van der Waals surface area (Å²) in [6.07, 6.45) is 4.60. The average molecular weight is 390 g/mol. The molecule has 28 heavy (non-hydrogen) atoms. The van der Waals surface area contributed by atoms with Gasteiger partial charge in [0.15, 0.2) is 0 Å². The normalized spacial score (nSPS) is 19.1. The minimum atomic E-state index is -1.28. The fourth-order valence-corrected chi connectivity index (χ4v) is 2.86. The number of nitrogens with one attached hydrogen (secondary N) is 1. The summed E-state index contributed by atoms with van der Waals surface area (Å²) in [5, 5.41) is 21.7. The smallest absolute Gasteiger partial charge is 0.478 e. The number of ether oxygens (including phenoxy) is 1. The molecule has 1 aliphatic heterocycles. The molecule has 1 heterocycles. The zero-order chi connectivity index (χ0) is 20.4. The molecule has 0 bridgehead atoms. The Morgan fingerprint density at radius 2 is 2.18 bits per heavy atom. The van der Waals surface area contributed by atoms with Gasteiger partial charge >= 0.3 is 13.1 Å². The highest BCUT2D eigenvalue weighted by molar-refractivity contribution is 6.45. The minimum absolute atomic E-state index is 0.130. The maximum Gasteiger partial charge on any atom is 0.478 e. The Bertz CT molecular complexity index is 684. The summed E-state index contributed by atoms with van der Waals surface area (Å²) in [4.78, 5) is 23.2. The zero-order valence-corrected chi connectivity index (χ0v) is 15.8. The second-order valence-electron chi connectivity index (χ2n) is 6.67. The van der Waals surface area contributed by atoms with Crippen molar-refractivity contribution in [1.29, 1.82) is 0 Å². The molecular formula is C19H27BN2O6. The first-order valence-corrected chi connectivity index (χ1v) is 9.41. The van der Waals surface area contributed by atoms with Crippen LogP contribution in [0.1, 0.15) is 31.2 Å². The van der Waals surface area contributed by atoms with E-state index in [4.69, 9.17) is 20.2 Å². The van der Waals surface area contributed by atoms with Crippen LogP contribution in [-0.4, -0.2) is 54.3 Å². The molecule has 1 aromatic carbocycles. The van der Waals surface area contributed by atoms with Crippen molar-refractivity contribution in [1.82, 2.24) is 5.32 Å². The van der Waals surface area contributed by atoms with Crippen molar-refractivity contribution in [3.63, 3.8) is 0 Å². The van der Waals surface area contributed by atoms with Crippen LogP contribution in [-0.2, 0) is 20.7 Å². The summed E-state index contributed by atoms with van der Waals surface area (Å²) in [5.74, 6) is -1.23. The molecule has 0 aromatic heterocycles. The largest absolute Gasteiger partial charge is 0.494 e. The summed E-state index contributed by atoms with van der Waals surface area (Å²) >= 11 is 0. The van der Waals surface area contributed by atoms with E-state index in [0.29, 0.717) is 25.3 Å². The topological polar surface area (TPSA) is 131 Å². The summed E-state index contributed by atoms with van der Waals surface area (Å²) in [6, 6.07) is 7.30. The van der Waals surface area contributed by atoms with Gasteiger partial charge in [0.25, 0.3) is 0 Å². The molecule has 0 unspecified atom stereocenters. The molecule has 0 spiro atoms. The molecule has 2 rings (SSSR count). The maximum atomic E-state index is 12.4. The average Bonchev–Trinajstić information content (AvgIpc) is 2.80. The fourth-order valence-electron chi connectivity index (χ4n) is 2.86. The Morgan fingerprint density at radius 3 is 2.93 bits per heavy atom. The number of amides is 1. The second-order valence-corrected chi connectivity index (χ2v) is 6.67. The van der Waals surface area contributed by atoms with Crippen molar-refractivity contribution >= 4 is 19.0 Å². The van der Waals surface area contributed by atoms with Gasteiger partial charge in [0.2, 0.25) is 5.91 Å². The third-order valence-electron chi connectivity index (χ3n) is 4.25. The number of carbonyl (C=O) groups is 2. The number of benzene rings is 1. The van der Waals surface area contributed by atoms with Crippen molar-refractivity contribution in [3.05, 3.63) is 42.0 Å². The zero-order valence-electron chi connectivity index (χ0n) is 15.8. The molecule has 0 saturated heterocycles. The molecule has 1 aliphatic rings. The van der Waals surface area contributed by atoms with E-state index >= 15 is 0 Å². The van der Waals surface area contributed by atoms with Gasteiger partial charge in [-0.2, -0.15) is 0 Å². The molecular weight excluding hydrogens is 363 g/mol. The molecule has 1 aromatic rings. The minimum Gasteiger partial charge on any atom is -0.494 e. The van der Waals surface area contributed by atoms with Crippen molar-refractivity contribution in [3.8, 4) is 5.75 Å². The number of unbranched alkanes of at least 4 members (excludes halogenated alkanes) is 1. The van der Waals surface area contributed by atoms with Crippen LogP contribution in [0.4, 0.5) is 0 Å². The molecule has 152 valence electrons. The first-order valence-electron chi connectivity index (χ1n) is 9.41. The molecule has 0 radical (unpaired) electrons. The van der Waals surface area contributed by atoms with Gasteiger partial charge in [-0.15, -0.1) is 0 Å². The number of carboxylic acids is 1. The van der Waals surface area contributed by atoms with E-state index in [1.807, 2.05) is 24.3 Å². The van der Waals surface area contributed by atoms with E-state index in [-0.39, 0.29) is 18.7 Å². The quantitative estimate of drug-likeness (QED) is 0.262. The third kappa shape index (κ3) is 7.71. The molecule has 8 nitrogen and oxygen atoms in total. The molecule has 0 fully saturated rings. The number of nitrogens with two attached hydrogens (primary N) is 1. The van der Waals surface area contributed by atoms with Gasteiger partial charge in [0, 0.05) is 0 Å². The lowest BCUT2D eigenvalue weighted by atomic mass is 9.77. The van der Waals surface area contributed by atoms with Crippen molar-refractivity contribution < 1.29 is 29.1 Å². The Kier molecular flexibility index (Phi) is 8.99. The molecule has 0 aliphatic carbocycles. The van der Waals surface area contributed by atoms with Crippen LogP contribution in [0.15, 0.2) is 36.4 Å². The van der Waals surface area contributed by atoms with E-state index in [2.05, 4.69) is 5.32 Å². The lowest BCUT2D eigenvalue weighted by Gasteiger charge is -2.20. The monoisotopic (exact) mass is 390 g/mol. The Morgan fingerprint density at radius 1 is 1.36 bits per heavy atom. The highest BCUT2D eigenvalue weighted by Gasteiger charge is 2.32. The van der Waals surface area contributed by atoms with E-state index in [0.717, 1.165) is 18.4 Å². The summed E-state index contributed by atoms with van der Waals surface area (Å²) in [5.41, 5.74) is 6.24. The van der Waals surface area contributed by atoms with Gasteiger partial charge in [0.05, 0.1) is 31.5 Å². The predicted molar refractivity (Wildman–Crippen MR) is 105 cm³/mol. The first kappa shape index (κ1) is 21.9. The predicted octanol–water partition coefficient (Wildman–Crippen LogP) is 0.671. The van der Waals surface area contributed by atoms with Gasteiger partial charge < -0.3 is 30.6 Å². The van der Waals surface area contributed by atoms with Gasteiger partial charge in [-0.05, 0) is 43.5 Å². The molecule has 5 N–H and O–H groups in total. The van der Waals surface area contributed by atoms with Crippen LogP contribution in [0.25, 0.3) is 0 Å². The summed E-state index contributed by atoms with van der Waals surface area (Å²) < 4.78 is 11.0. The second kappa shape index (κ2) is 11.5. The first-order chi connectivity index (χ1) is 13.5. The van der Waals surface area contributed by atoms with Gasteiger partial charge in [0.1, 0.15) is 5.75 Å². The van der Waals surface area contributed by atoms with Gasteiger partial charge in [-0.1, -0.05) is 24.3 Å². The van der Waals surface area contributed by atoms with Crippen molar-refractivity contribution in [2.45, 2.75) is 44.1 Å². The van der Waals surface area contributed by atoms with Crippen molar-refractivity contribution in [2.75, 3.05) is 13.2 Å². The van der Waals surface area contributed by atoms with Gasteiger partial charge in [-0.3, -0.25) is 9.59 Å². The lowest BCUT2D eigenvalue weighted by Crippen LogP contribution is -2.48. The van der Waals surface area contributed by atoms with Crippen LogP contribution < -0.4 is 15.8 Å². The standard InChI is InChI=1S/C19H27BN2O6/c21-9-1-2-10-27-15-6-3-5-14(11-15)12-18(23)22-17-8-4-7-16(13-19(24)25)28-20(17)26/h3-7,11,16-17,26H,1-2,8-10,12-13,21H2,(H,22,23)(H,24,25)/t16-,17+/m1/s1. The Labute approximate surface area is 164 Å². The third-order valence-corrected chi connectivity index (χ3v) is 4.25. The SMILES string of the molecule is NCCCCOc1cccc(CC(=O)N[C@H]2CC=C[C@H](CC(=O)O)OB2O)c1. The van der Waals surface area contributed by atoms with E-state index < -0.39 is 25.1 Å². The fraction of sp³-hybridized carbons (Fsp3) is 0.474. The lowest BCUT2D eigenvalue weighted by molar-refractivity contribution is -0.138. The summed E-state index contributed by atoms with van der Waals surface area (Å²) in [6.45, 7) is 1.20. The van der Waals surface area contributed by atoms with Gasteiger partial charge in [-0.25, -0.2) is 0 Å². The van der Waals surface area contributed by atoms with E-state index in [9.17, 15) is 14.6 Å². The number of hydrogen-bond acceptors (Lipinski definition) is 6. The van der Waals surface area contributed by atoms with Crippen LogP contribution in [0.3, 0.4) is 0 Å². The molecule has 1 amide bonds. The molecule has 2 atom stereocenters. The van der Waals surface area contributed by atoms with Crippen LogP contribution in [0.5, 0.6) is 5.75 Å². The maximum absolute atomic E-state index is 12.4. The highest BCUT2D eigenvalue weighted by atomic mass is 16.5. The summed E-state index contributed by atoms with van der Waals surface area (Å²) in [7, 11) is -1.28. The van der Waals surface area contributed by atoms with E-state index in [1.54, 1.807) is 12.2 Å². The molecule has 0 saturated carbocycles.